The number of ether oxygens (including phenoxy) is 1. The van der Waals surface area contributed by atoms with Crippen LogP contribution in [0.4, 0.5) is 11.4 Å². The van der Waals surface area contributed by atoms with E-state index in [1.165, 1.54) is 29.7 Å². The fourth-order valence-corrected chi connectivity index (χ4v) is 2.96. The number of benzene rings is 2. The van der Waals surface area contributed by atoms with Gasteiger partial charge in [0.15, 0.2) is 12.4 Å². The van der Waals surface area contributed by atoms with Crippen molar-refractivity contribution in [3.8, 4) is 5.75 Å². The Bertz CT molecular complexity index is 773. The molecule has 3 rings (SSSR count). The van der Waals surface area contributed by atoms with Crippen molar-refractivity contribution in [2.45, 2.75) is 25.7 Å². The van der Waals surface area contributed by atoms with E-state index >= 15 is 0 Å². The summed E-state index contributed by atoms with van der Waals surface area (Å²) in [7, 11) is 0. The predicted molar refractivity (Wildman–Crippen MR) is 90.3 cm³/mol. The van der Waals surface area contributed by atoms with Crippen LogP contribution in [0, 0.1) is 10.1 Å². The molecule has 0 unspecified atom stereocenters. The molecule has 6 nitrogen and oxygen atoms in total. The predicted octanol–water partition coefficient (Wildman–Crippen LogP) is 3.49. The zero-order chi connectivity index (χ0) is 16.9. The SMILES string of the molecule is O=C(COc1ccccc1[N+](=O)[O-])Nc1cccc2c1CCCC2. The Labute approximate surface area is 139 Å². The number of hydrogen-bond donors (Lipinski definition) is 1. The normalized spacial score (nSPS) is 13.0. The number of hydrogen-bond acceptors (Lipinski definition) is 4. The van der Waals surface area contributed by atoms with Crippen molar-refractivity contribution in [3.63, 3.8) is 0 Å². The minimum atomic E-state index is -0.527. The third-order valence-corrected chi connectivity index (χ3v) is 4.09. The summed E-state index contributed by atoms with van der Waals surface area (Å²) in [6.07, 6.45) is 4.28. The van der Waals surface area contributed by atoms with Gasteiger partial charge in [-0.05, 0) is 48.9 Å². The zero-order valence-electron chi connectivity index (χ0n) is 13.2. The molecule has 0 aromatic heterocycles. The first-order chi connectivity index (χ1) is 11.6. The van der Waals surface area contributed by atoms with Gasteiger partial charge in [0.05, 0.1) is 4.92 Å². The molecule has 24 heavy (non-hydrogen) atoms. The highest BCUT2D eigenvalue weighted by Gasteiger charge is 2.17. The Morgan fingerprint density at radius 1 is 1.12 bits per heavy atom. The van der Waals surface area contributed by atoms with Crippen molar-refractivity contribution in [2.24, 2.45) is 0 Å². The quantitative estimate of drug-likeness (QED) is 0.673. The summed E-state index contributed by atoms with van der Waals surface area (Å²) >= 11 is 0. The summed E-state index contributed by atoms with van der Waals surface area (Å²) in [5.41, 5.74) is 3.12. The lowest BCUT2D eigenvalue weighted by Crippen LogP contribution is -2.22. The molecule has 0 atom stereocenters. The van der Waals surface area contributed by atoms with Crippen molar-refractivity contribution in [1.29, 1.82) is 0 Å². The van der Waals surface area contributed by atoms with Crippen LogP contribution in [-0.2, 0) is 17.6 Å². The second-order valence-electron chi connectivity index (χ2n) is 5.71. The Hall–Kier alpha value is -2.89. The molecule has 124 valence electrons. The van der Waals surface area contributed by atoms with E-state index in [2.05, 4.69) is 11.4 Å². The highest BCUT2D eigenvalue weighted by Crippen LogP contribution is 2.28. The van der Waals surface area contributed by atoms with Crippen LogP contribution in [0.1, 0.15) is 24.0 Å². The van der Waals surface area contributed by atoms with E-state index < -0.39 is 4.92 Å². The smallest absolute Gasteiger partial charge is 0.310 e. The van der Waals surface area contributed by atoms with Crippen molar-refractivity contribution < 1.29 is 14.5 Å². The summed E-state index contributed by atoms with van der Waals surface area (Å²) in [4.78, 5) is 22.6. The monoisotopic (exact) mass is 326 g/mol. The maximum atomic E-state index is 12.1. The number of nitrogens with one attached hydrogen (secondary N) is 1. The third kappa shape index (κ3) is 3.53. The van der Waals surface area contributed by atoms with Gasteiger partial charge in [-0.3, -0.25) is 14.9 Å². The molecule has 0 saturated carbocycles. The molecular formula is C18H18N2O4. The zero-order valence-corrected chi connectivity index (χ0v) is 13.2. The van der Waals surface area contributed by atoms with Gasteiger partial charge in [0.1, 0.15) is 0 Å². The number of nitro benzene ring substituents is 1. The summed E-state index contributed by atoms with van der Waals surface area (Å²) in [5, 5.41) is 13.8. The molecular weight excluding hydrogens is 308 g/mol. The molecule has 0 bridgehead atoms. The van der Waals surface area contributed by atoms with Gasteiger partial charge in [0.25, 0.3) is 5.91 Å². The van der Waals surface area contributed by atoms with E-state index in [1.807, 2.05) is 12.1 Å². The lowest BCUT2D eigenvalue weighted by Gasteiger charge is -2.19. The van der Waals surface area contributed by atoms with Gasteiger partial charge in [0.2, 0.25) is 0 Å². The maximum Gasteiger partial charge on any atom is 0.310 e. The van der Waals surface area contributed by atoms with Gasteiger partial charge < -0.3 is 10.1 Å². The molecule has 1 aliphatic carbocycles. The second kappa shape index (κ2) is 7.12. The van der Waals surface area contributed by atoms with E-state index in [9.17, 15) is 14.9 Å². The van der Waals surface area contributed by atoms with E-state index in [1.54, 1.807) is 12.1 Å². The molecule has 1 N–H and O–H groups in total. The molecule has 2 aromatic carbocycles. The first-order valence-corrected chi connectivity index (χ1v) is 7.92. The standard InChI is InChI=1S/C18H18N2O4/c21-18(12-24-17-11-4-3-10-16(17)20(22)23)19-15-9-5-7-13-6-1-2-8-14(13)15/h3-5,7,9-11H,1-2,6,8,12H2,(H,19,21). The number of nitrogens with zero attached hydrogens (tertiary/aromatic N) is 1. The molecule has 0 spiro atoms. The molecule has 0 fully saturated rings. The Morgan fingerprint density at radius 2 is 1.92 bits per heavy atom. The van der Waals surface area contributed by atoms with Crippen LogP contribution in [0.25, 0.3) is 0 Å². The summed E-state index contributed by atoms with van der Waals surface area (Å²) in [6, 6.07) is 11.9. The third-order valence-electron chi connectivity index (χ3n) is 4.09. The number of rotatable bonds is 5. The first-order valence-electron chi connectivity index (χ1n) is 7.92. The van der Waals surface area contributed by atoms with E-state index in [4.69, 9.17) is 4.74 Å². The topological polar surface area (TPSA) is 81.5 Å². The molecule has 0 aliphatic heterocycles. The molecule has 1 amide bonds. The van der Waals surface area contributed by atoms with Crippen LogP contribution in [0.2, 0.25) is 0 Å². The van der Waals surface area contributed by atoms with Gasteiger partial charge in [-0.2, -0.15) is 0 Å². The van der Waals surface area contributed by atoms with Crippen LogP contribution in [0.3, 0.4) is 0 Å². The van der Waals surface area contributed by atoms with Crippen LogP contribution < -0.4 is 10.1 Å². The number of anilines is 1. The first kappa shape index (κ1) is 16.0. The number of amides is 1. The van der Waals surface area contributed by atoms with E-state index in [0.717, 1.165) is 24.9 Å². The highest BCUT2D eigenvalue weighted by molar-refractivity contribution is 5.93. The van der Waals surface area contributed by atoms with Crippen LogP contribution in [-0.4, -0.2) is 17.4 Å². The van der Waals surface area contributed by atoms with E-state index in [0.29, 0.717) is 0 Å². The second-order valence-corrected chi connectivity index (χ2v) is 5.71. The van der Waals surface area contributed by atoms with Crippen LogP contribution >= 0.6 is 0 Å². The van der Waals surface area contributed by atoms with Crippen LogP contribution in [0.5, 0.6) is 5.75 Å². The molecule has 1 aliphatic rings. The lowest BCUT2D eigenvalue weighted by molar-refractivity contribution is -0.385. The highest BCUT2D eigenvalue weighted by atomic mass is 16.6. The van der Waals surface area contributed by atoms with Crippen molar-refractivity contribution in [1.82, 2.24) is 0 Å². The lowest BCUT2D eigenvalue weighted by atomic mass is 9.90. The molecule has 0 saturated heterocycles. The summed E-state index contributed by atoms with van der Waals surface area (Å²) in [6.45, 7) is -0.269. The minimum absolute atomic E-state index is 0.0905. The molecule has 6 heteroatoms. The van der Waals surface area contributed by atoms with Gasteiger partial charge in [-0.25, -0.2) is 0 Å². The number of carbonyl (C=O) groups excluding carboxylic acids is 1. The number of fused-ring (bicyclic) bond motifs is 1. The van der Waals surface area contributed by atoms with Crippen molar-refractivity contribution in [3.05, 3.63) is 63.7 Å². The van der Waals surface area contributed by atoms with Crippen molar-refractivity contribution in [2.75, 3.05) is 11.9 Å². The van der Waals surface area contributed by atoms with Gasteiger partial charge in [-0.1, -0.05) is 24.3 Å². The maximum absolute atomic E-state index is 12.1. The molecule has 0 heterocycles. The average Bonchev–Trinajstić information content (AvgIpc) is 2.60. The Kier molecular flexibility index (Phi) is 4.74. The van der Waals surface area contributed by atoms with Gasteiger partial charge in [0, 0.05) is 11.8 Å². The fraction of sp³-hybridized carbons (Fsp3) is 0.278. The molecule has 0 radical (unpaired) electrons. The van der Waals surface area contributed by atoms with Gasteiger partial charge in [-0.15, -0.1) is 0 Å². The average molecular weight is 326 g/mol. The van der Waals surface area contributed by atoms with E-state index in [-0.39, 0.29) is 24.0 Å². The van der Waals surface area contributed by atoms with Crippen molar-refractivity contribution >= 4 is 17.3 Å². The van der Waals surface area contributed by atoms with Crippen LogP contribution in [0.15, 0.2) is 42.5 Å². The number of para-hydroxylation sites is 2. The van der Waals surface area contributed by atoms with Gasteiger partial charge >= 0.3 is 5.69 Å². The fourth-order valence-electron chi connectivity index (χ4n) is 2.96. The summed E-state index contributed by atoms with van der Waals surface area (Å²) < 4.78 is 5.32. The largest absolute Gasteiger partial charge is 0.477 e. The Morgan fingerprint density at radius 3 is 2.75 bits per heavy atom. The molecule has 2 aromatic rings. The Balaban J connectivity index is 1.66. The summed E-state index contributed by atoms with van der Waals surface area (Å²) in [5.74, 6) is -0.236. The number of carbonyl (C=O) groups is 1. The minimum Gasteiger partial charge on any atom is -0.477 e. The number of nitro groups is 1. The number of aryl methyl sites for hydroxylation is 1.